The zero-order valence-corrected chi connectivity index (χ0v) is 13.6. The van der Waals surface area contributed by atoms with Gasteiger partial charge in [-0.1, -0.05) is 17.7 Å². The fourth-order valence-electron chi connectivity index (χ4n) is 2.58. The Hall–Kier alpha value is -2.60. The average Bonchev–Trinajstić information content (AvgIpc) is 2.59. The van der Waals surface area contributed by atoms with Crippen LogP contribution in [-0.4, -0.2) is 40.2 Å². The van der Waals surface area contributed by atoms with Gasteiger partial charge in [-0.25, -0.2) is 9.78 Å². The third kappa shape index (κ3) is 4.23. The van der Waals surface area contributed by atoms with Gasteiger partial charge >= 0.3 is 6.03 Å². The van der Waals surface area contributed by atoms with Gasteiger partial charge in [-0.05, 0) is 38.0 Å². The van der Waals surface area contributed by atoms with Crippen molar-refractivity contribution in [1.82, 2.24) is 9.88 Å². The van der Waals surface area contributed by atoms with E-state index in [-0.39, 0.29) is 6.03 Å². The van der Waals surface area contributed by atoms with Crippen LogP contribution in [0.1, 0.15) is 18.4 Å². The van der Waals surface area contributed by atoms with E-state index in [0.717, 1.165) is 18.4 Å². The molecule has 2 aromatic rings. The van der Waals surface area contributed by atoms with Crippen molar-refractivity contribution in [3.8, 4) is 11.6 Å². The zero-order chi connectivity index (χ0) is 16.9. The van der Waals surface area contributed by atoms with Crippen molar-refractivity contribution in [2.75, 3.05) is 18.4 Å². The van der Waals surface area contributed by atoms with Crippen LogP contribution in [0.3, 0.4) is 0 Å². The van der Waals surface area contributed by atoms with Gasteiger partial charge in [0.05, 0.1) is 18.0 Å². The predicted molar refractivity (Wildman–Crippen MR) is 91.3 cm³/mol. The summed E-state index contributed by atoms with van der Waals surface area (Å²) in [5.41, 5.74) is 1.76. The fourth-order valence-corrected chi connectivity index (χ4v) is 2.58. The molecule has 126 valence electrons. The van der Waals surface area contributed by atoms with Gasteiger partial charge < -0.3 is 20.1 Å². The summed E-state index contributed by atoms with van der Waals surface area (Å²) < 4.78 is 5.66. The smallest absolute Gasteiger partial charge is 0.321 e. The number of anilines is 1. The monoisotopic (exact) mass is 327 g/mol. The average molecular weight is 327 g/mol. The normalized spacial score (nSPS) is 17.4. The van der Waals surface area contributed by atoms with Crippen molar-refractivity contribution in [3.63, 3.8) is 0 Å². The molecule has 1 saturated heterocycles. The SMILES string of the molecule is Cc1ccc(Oc2ccc(NC(=O)N3CCC[C@@H](O)C3)cn2)cc1. The molecular weight excluding hydrogens is 306 g/mol. The maximum atomic E-state index is 12.2. The molecule has 2 heterocycles. The van der Waals surface area contributed by atoms with Crippen molar-refractivity contribution in [1.29, 1.82) is 0 Å². The second kappa shape index (κ2) is 7.31. The number of piperidine rings is 1. The Labute approximate surface area is 141 Å². The van der Waals surface area contributed by atoms with Gasteiger partial charge in [-0.3, -0.25) is 0 Å². The number of carbonyl (C=O) groups is 1. The molecule has 6 heteroatoms. The van der Waals surface area contributed by atoms with Crippen LogP contribution < -0.4 is 10.1 Å². The van der Waals surface area contributed by atoms with Gasteiger partial charge in [0, 0.05) is 19.2 Å². The lowest BCUT2D eigenvalue weighted by atomic mass is 10.1. The third-order valence-corrected chi connectivity index (χ3v) is 3.91. The number of aliphatic hydroxyl groups is 1. The van der Waals surface area contributed by atoms with E-state index in [1.54, 1.807) is 23.2 Å². The van der Waals surface area contributed by atoms with Crippen LogP contribution in [0.5, 0.6) is 11.6 Å². The largest absolute Gasteiger partial charge is 0.439 e. The summed E-state index contributed by atoms with van der Waals surface area (Å²) >= 11 is 0. The highest BCUT2D eigenvalue weighted by molar-refractivity contribution is 5.89. The minimum Gasteiger partial charge on any atom is -0.439 e. The van der Waals surface area contributed by atoms with Crippen molar-refractivity contribution < 1.29 is 14.6 Å². The molecule has 1 fully saturated rings. The Morgan fingerprint density at radius 3 is 2.75 bits per heavy atom. The minimum atomic E-state index is -0.437. The lowest BCUT2D eigenvalue weighted by molar-refractivity contribution is 0.0883. The number of hydrogen-bond acceptors (Lipinski definition) is 4. The Morgan fingerprint density at radius 2 is 2.08 bits per heavy atom. The molecule has 3 rings (SSSR count). The summed E-state index contributed by atoms with van der Waals surface area (Å²) in [6.07, 6.45) is 2.68. The molecule has 1 atom stereocenters. The number of aliphatic hydroxyl groups excluding tert-OH is 1. The van der Waals surface area contributed by atoms with Crippen molar-refractivity contribution in [2.45, 2.75) is 25.9 Å². The van der Waals surface area contributed by atoms with Gasteiger partial charge in [0.1, 0.15) is 5.75 Å². The number of urea groups is 1. The molecule has 0 spiro atoms. The quantitative estimate of drug-likeness (QED) is 0.908. The number of amides is 2. The number of rotatable bonds is 3. The number of pyridine rings is 1. The number of aryl methyl sites for hydroxylation is 1. The number of carbonyl (C=O) groups excluding carboxylic acids is 1. The lowest BCUT2D eigenvalue weighted by Gasteiger charge is -2.30. The molecule has 6 nitrogen and oxygen atoms in total. The number of nitrogens with zero attached hydrogens (tertiary/aromatic N) is 2. The van der Waals surface area contributed by atoms with Crippen LogP contribution in [0.4, 0.5) is 10.5 Å². The highest BCUT2D eigenvalue weighted by Crippen LogP contribution is 2.21. The molecule has 2 N–H and O–H groups in total. The molecule has 1 aromatic carbocycles. The highest BCUT2D eigenvalue weighted by atomic mass is 16.5. The van der Waals surface area contributed by atoms with E-state index >= 15 is 0 Å². The maximum Gasteiger partial charge on any atom is 0.321 e. The molecule has 0 aliphatic carbocycles. The number of hydrogen-bond donors (Lipinski definition) is 2. The van der Waals surface area contributed by atoms with Gasteiger partial charge in [-0.2, -0.15) is 0 Å². The maximum absolute atomic E-state index is 12.2. The van der Waals surface area contributed by atoms with Crippen molar-refractivity contribution >= 4 is 11.7 Å². The first-order chi connectivity index (χ1) is 11.6. The molecule has 24 heavy (non-hydrogen) atoms. The number of benzene rings is 1. The van der Waals surface area contributed by atoms with Gasteiger partial charge in [0.15, 0.2) is 0 Å². The first-order valence-electron chi connectivity index (χ1n) is 8.05. The Balaban J connectivity index is 1.58. The van der Waals surface area contributed by atoms with E-state index in [9.17, 15) is 9.90 Å². The third-order valence-electron chi connectivity index (χ3n) is 3.91. The lowest BCUT2D eigenvalue weighted by Crippen LogP contribution is -2.44. The van der Waals surface area contributed by atoms with Crippen molar-refractivity contribution in [2.24, 2.45) is 0 Å². The van der Waals surface area contributed by atoms with E-state index in [1.165, 1.54) is 0 Å². The molecule has 2 amide bonds. The second-order valence-corrected chi connectivity index (χ2v) is 5.97. The summed E-state index contributed by atoms with van der Waals surface area (Å²) in [5, 5.41) is 12.4. The molecule has 1 aromatic heterocycles. The van der Waals surface area contributed by atoms with Crippen LogP contribution in [-0.2, 0) is 0 Å². The second-order valence-electron chi connectivity index (χ2n) is 5.97. The number of likely N-dealkylation sites (tertiary alicyclic amines) is 1. The minimum absolute atomic E-state index is 0.220. The fraction of sp³-hybridized carbons (Fsp3) is 0.333. The standard InChI is InChI=1S/C18H21N3O3/c1-13-4-7-16(8-5-13)24-17-9-6-14(11-19-17)20-18(23)21-10-2-3-15(22)12-21/h4-9,11,15,22H,2-3,10,12H2,1H3,(H,20,23)/t15-/m1/s1. The molecule has 1 aliphatic rings. The van der Waals surface area contributed by atoms with E-state index in [1.807, 2.05) is 31.2 Å². The van der Waals surface area contributed by atoms with E-state index < -0.39 is 6.10 Å². The Kier molecular flexibility index (Phi) is 4.96. The summed E-state index contributed by atoms with van der Waals surface area (Å²) in [5.74, 6) is 1.18. The summed E-state index contributed by atoms with van der Waals surface area (Å²) in [4.78, 5) is 18.0. The number of ether oxygens (including phenoxy) is 1. The van der Waals surface area contributed by atoms with Crippen LogP contribution in [0, 0.1) is 6.92 Å². The van der Waals surface area contributed by atoms with Gasteiger partial charge in [0.25, 0.3) is 0 Å². The summed E-state index contributed by atoms with van der Waals surface area (Å²) in [6.45, 7) is 3.04. The molecule has 0 unspecified atom stereocenters. The van der Waals surface area contributed by atoms with Gasteiger partial charge in [0.2, 0.25) is 5.88 Å². The molecule has 1 aliphatic heterocycles. The molecule has 0 radical (unpaired) electrons. The Bertz CT molecular complexity index is 686. The van der Waals surface area contributed by atoms with Gasteiger partial charge in [-0.15, -0.1) is 0 Å². The molecule has 0 saturated carbocycles. The van der Waals surface area contributed by atoms with Crippen LogP contribution in [0.15, 0.2) is 42.6 Å². The van der Waals surface area contributed by atoms with E-state index in [2.05, 4.69) is 10.3 Å². The predicted octanol–water partition coefficient (Wildman–Crippen LogP) is 3.17. The topological polar surface area (TPSA) is 74.7 Å². The summed E-state index contributed by atoms with van der Waals surface area (Å²) in [6, 6.07) is 10.9. The number of aromatic nitrogens is 1. The zero-order valence-electron chi connectivity index (χ0n) is 13.6. The number of β-amino-alcohol motifs (C(OH)–C–C–N with tert-alkyl or cyclic N) is 1. The highest BCUT2D eigenvalue weighted by Gasteiger charge is 2.22. The summed E-state index contributed by atoms with van der Waals surface area (Å²) in [7, 11) is 0. The first-order valence-corrected chi connectivity index (χ1v) is 8.05. The van der Waals surface area contributed by atoms with Crippen LogP contribution in [0.25, 0.3) is 0 Å². The van der Waals surface area contributed by atoms with Crippen molar-refractivity contribution in [3.05, 3.63) is 48.2 Å². The molecular formula is C18H21N3O3. The Morgan fingerprint density at radius 1 is 1.29 bits per heavy atom. The molecule has 0 bridgehead atoms. The van der Waals surface area contributed by atoms with E-state index in [0.29, 0.717) is 30.4 Å². The van der Waals surface area contributed by atoms with Crippen LogP contribution in [0.2, 0.25) is 0 Å². The first kappa shape index (κ1) is 16.3. The number of nitrogens with one attached hydrogen (secondary N) is 1. The van der Waals surface area contributed by atoms with E-state index in [4.69, 9.17) is 4.74 Å². The van der Waals surface area contributed by atoms with Crippen LogP contribution >= 0.6 is 0 Å².